The highest BCUT2D eigenvalue weighted by molar-refractivity contribution is 6.30. The van der Waals surface area contributed by atoms with Gasteiger partial charge in [-0.15, -0.1) is 0 Å². The van der Waals surface area contributed by atoms with E-state index in [9.17, 15) is 4.79 Å². The fourth-order valence-corrected chi connectivity index (χ4v) is 3.34. The molecule has 0 spiro atoms. The Hall–Kier alpha value is -2.24. The molecule has 1 atom stereocenters. The Labute approximate surface area is 164 Å². The molecule has 0 radical (unpaired) electrons. The van der Waals surface area contributed by atoms with Crippen LogP contribution in [0.4, 0.5) is 0 Å². The summed E-state index contributed by atoms with van der Waals surface area (Å²) in [6, 6.07) is 15.0. The normalized spacial score (nSPS) is 17.4. The second kappa shape index (κ2) is 9.62. The van der Waals surface area contributed by atoms with E-state index in [1.54, 1.807) is 12.1 Å². The van der Waals surface area contributed by atoms with E-state index in [2.05, 4.69) is 4.90 Å². The van der Waals surface area contributed by atoms with Gasteiger partial charge in [-0.2, -0.15) is 0 Å². The van der Waals surface area contributed by atoms with Gasteiger partial charge in [0.05, 0.1) is 6.42 Å². The first-order valence-electron chi connectivity index (χ1n) is 9.22. The largest absolute Gasteiger partial charge is 0.492 e. The zero-order valence-electron chi connectivity index (χ0n) is 15.1. The minimum Gasteiger partial charge on any atom is -0.492 e. The van der Waals surface area contributed by atoms with Gasteiger partial charge < -0.3 is 14.6 Å². The number of rotatable bonds is 8. The van der Waals surface area contributed by atoms with Crippen molar-refractivity contribution in [2.24, 2.45) is 0 Å². The lowest BCUT2D eigenvalue weighted by atomic mass is 10.0. The van der Waals surface area contributed by atoms with Crippen LogP contribution in [0.1, 0.15) is 25.7 Å². The van der Waals surface area contributed by atoms with Gasteiger partial charge >= 0.3 is 5.97 Å². The molecule has 1 aliphatic heterocycles. The number of halogens is 1. The third-order valence-corrected chi connectivity index (χ3v) is 4.93. The summed E-state index contributed by atoms with van der Waals surface area (Å²) < 4.78 is 11.7. The maximum absolute atomic E-state index is 10.8. The lowest BCUT2D eigenvalue weighted by Gasteiger charge is -2.35. The predicted octanol–water partition coefficient (Wildman–Crippen LogP) is 4.84. The molecule has 0 unspecified atom stereocenters. The molecule has 0 saturated carbocycles. The Morgan fingerprint density at radius 1 is 1.04 bits per heavy atom. The van der Waals surface area contributed by atoms with Gasteiger partial charge in [0.1, 0.15) is 23.9 Å². The van der Waals surface area contributed by atoms with Gasteiger partial charge in [-0.05, 0) is 67.9 Å². The summed E-state index contributed by atoms with van der Waals surface area (Å²) >= 11 is 5.88. The summed E-state index contributed by atoms with van der Waals surface area (Å²) in [4.78, 5) is 13.1. The van der Waals surface area contributed by atoms with E-state index in [1.165, 1.54) is 0 Å². The number of nitrogens with zero attached hydrogens (tertiary/aromatic N) is 1. The van der Waals surface area contributed by atoms with Gasteiger partial charge in [0, 0.05) is 17.6 Å². The maximum atomic E-state index is 10.8. The molecule has 1 N–H and O–H groups in total. The lowest BCUT2D eigenvalue weighted by molar-refractivity contribution is -0.137. The van der Waals surface area contributed by atoms with Crippen LogP contribution in [0.3, 0.4) is 0 Å². The predicted molar refractivity (Wildman–Crippen MR) is 105 cm³/mol. The number of carboxylic acids is 1. The lowest BCUT2D eigenvalue weighted by Crippen LogP contribution is -2.44. The van der Waals surface area contributed by atoms with Crippen molar-refractivity contribution in [2.75, 3.05) is 19.7 Å². The first kappa shape index (κ1) is 19.5. The minimum atomic E-state index is -0.753. The maximum Gasteiger partial charge on any atom is 0.304 e. The van der Waals surface area contributed by atoms with E-state index < -0.39 is 5.97 Å². The van der Waals surface area contributed by atoms with Crippen LogP contribution < -0.4 is 9.47 Å². The van der Waals surface area contributed by atoms with Gasteiger partial charge in [0.15, 0.2) is 0 Å². The summed E-state index contributed by atoms with van der Waals surface area (Å²) in [6.45, 7) is 2.09. The highest BCUT2D eigenvalue weighted by Crippen LogP contribution is 2.25. The van der Waals surface area contributed by atoms with E-state index >= 15 is 0 Å². The van der Waals surface area contributed by atoms with Crippen LogP contribution >= 0.6 is 11.6 Å². The van der Waals surface area contributed by atoms with Gasteiger partial charge in [0.2, 0.25) is 0 Å². The van der Waals surface area contributed by atoms with Gasteiger partial charge in [-0.1, -0.05) is 18.0 Å². The average molecular weight is 390 g/mol. The van der Waals surface area contributed by atoms with Crippen LogP contribution in [0.2, 0.25) is 5.02 Å². The Kier molecular flexibility index (Phi) is 6.96. The topological polar surface area (TPSA) is 59.0 Å². The van der Waals surface area contributed by atoms with Gasteiger partial charge in [-0.25, -0.2) is 0 Å². The third kappa shape index (κ3) is 6.15. The van der Waals surface area contributed by atoms with Crippen molar-refractivity contribution in [3.05, 3.63) is 53.6 Å². The minimum absolute atomic E-state index is 0.174. The molecule has 6 heteroatoms. The second-order valence-electron chi connectivity index (χ2n) is 6.67. The fourth-order valence-electron chi connectivity index (χ4n) is 3.22. The summed E-state index contributed by atoms with van der Waals surface area (Å²) in [5, 5.41) is 9.58. The molecule has 2 aromatic rings. The molecule has 1 aliphatic rings. The Balaban J connectivity index is 1.51. The molecular weight excluding hydrogens is 366 g/mol. The van der Waals surface area contributed by atoms with Crippen molar-refractivity contribution < 1.29 is 19.4 Å². The molecule has 3 rings (SSSR count). The summed E-state index contributed by atoms with van der Waals surface area (Å²) in [5.41, 5.74) is 0. The first-order chi connectivity index (χ1) is 13.1. The van der Waals surface area contributed by atoms with E-state index in [-0.39, 0.29) is 12.5 Å². The smallest absolute Gasteiger partial charge is 0.304 e. The van der Waals surface area contributed by atoms with Gasteiger partial charge in [0.25, 0.3) is 0 Å². The SMILES string of the molecule is O=C(O)CCN1CCCC[C@H]1COc1ccc(Oc2ccc(Cl)cc2)cc1. The summed E-state index contributed by atoms with van der Waals surface area (Å²) in [7, 11) is 0. The number of hydrogen-bond donors (Lipinski definition) is 1. The van der Waals surface area contributed by atoms with Crippen LogP contribution in [0.25, 0.3) is 0 Å². The van der Waals surface area contributed by atoms with Crippen LogP contribution in [-0.4, -0.2) is 41.7 Å². The third-order valence-electron chi connectivity index (χ3n) is 4.68. The van der Waals surface area contributed by atoms with Crippen molar-refractivity contribution >= 4 is 17.6 Å². The molecule has 0 amide bonds. The molecule has 0 aliphatic carbocycles. The molecular formula is C21H24ClNO4. The quantitative estimate of drug-likeness (QED) is 0.700. The summed E-state index contributed by atoms with van der Waals surface area (Å²) in [6.07, 6.45) is 3.49. The highest BCUT2D eigenvalue weighted by Gasteiger charge is 2.23. The molecule has 0 aromatic heterocycles. The van der Waals surface area contributed by atoms with Crippen molar-refractivity contribution in [3.63, 3.8) is 0 Å². The number of carboxylic acid groups (broad SMARTS) is 1. The molecule has 27 heavy (non-hydrogen) atoms. The highest BCUT2D eigenvalue weighted by atomic mass is 35.5. The number of hydrogen-bond acceptors (Lipinski definition) is 4. The van der Waals surface area contributed by atoms with E-state index in [4.69, 9.17) is 26.2 Å². The molecule has 5 nitrogen and oxygen atoms in total. The van der Waals surface area contributed by atoms with Crippen molar-refractivity contribution in [2.45, 2.75) is 31.7 Å². The van der Waals surface area contributed by atoms with E-state index in [1.807, 2.05) is 36.4 Å². The fraction of sp³-hybridized carbons (Fsp3) is 0.381. The number of aliphatic carboxylic acids is 1. The van der Waals surface area contributed by atoms with Crippen LogP contribution in [0.15, 0.2) is 48.5 Å². The van der Waals surface area contributed by atoms with Crippen LogP contribution in [-0.2, 0) is 4.79 Å². The molecule has 0 bridgehead atoms. The number of piperidine rings is 1. The van der Waals surface area contributed by atoms with Crippen molar-refractivity contribution in [3.8, 4) is 17.2 Å². The Morgan fingerprint density at radius 2 is 1.67 bits per heavy atom. The molecule has 2 aromatic carbocycles. The number of benzene rings is 2. The zero-order chi connectivity index (χ0) is 19.1. The van der Waals surface area contributed by atoms with Crippen molar-refractivity contribution in [1.82, 2.24) is 4.90 Å². The zero-order valence-corrected chi connectivity index (χ0v) is 15.9. The Morgan fingerprint density at radius 3 is 2.33 bits per heavy atom. The van der Waals surface area contributed by atoms with Crippen LogP contribution in [0.5, 0.6) is 17.2 Å². The van der Waals surface area contributed by atoms with E-state index in [0.29, 0.717) is 18.2 Å². The standard InChI is InChI=1S/C21H24ClNO4/c22-16-4-6-19(7-5-16)27-20-10-8-18(9-11-20)26-15-17-3-1-2-13-23(17)14-12-21(24)25/h4-11,17H,1-3,12-15H2,(H,24,25)/t17-/m0/s1. The first-order valence-corrected chi connectivity index (χ1v) is 9.60. The summed E-state index contributed by atoms with van der Waals surface area (Å²) in [5.74, 6) is 1.48. The van der Waals surface area contributed by atoms with E-state index in [0.717, 1.165) is 43.1 Å². The number of ether oxygens (including phenoxy) is 2. The van der Waals surface area contributed by atoms with Crippen LogP contribution in [0, 0.1) is 0 Å². The van der Waals surface area contributed by atoms with Crippen molar-refractivity contribution in [1.29, 1.82) is 0 Å². The average Bonchev–Trinajstić information content (AvgIpc) is 2.68. The molecule has 1 heterocycles. The molecule has 1 saturated heterocycles. The Bertz CT molecular complexity index is 733. The second-order valence-corrected chi connectivity index (χ2v) is 7.10. The molecule has 1 fully saturated rings. The number of carbonyl (C=O) groups is 1. The number of likely N-dealkylation sites (tertiary alicyclic amines) is 1. The van der Waals surface area contributed by atoms with Gasteiger partial charge in [-0.3, -0.25) is 9.69 Å². The monoisotopic (exact) mass is 389 g/mol. The molecule has 144 valence electrons.